The van der Waals surface area contributed by atoms with Gasteiger partial charge in [0.25, 0.3) is 0 Å². The number of hydrogen-bond donors (Lipinski definition) is 2. The SMILES string of the molecule is OC(c1cc(Cl)cc2c1OCCC2)C1CCCN1. The second-order valence-electron chi connectivity index (χ2n) is 5.08. The molecule has 4 heteroatoms. The molecule has 2 unspecified atom stereocenters. The fourth-order valence-corrected chi connectivity index (χ4v) is 3.14. The number of hydrogen-bond acceptors (Lipinski definition) is 3. The van der Waals surface area contributed by atoms with Gasteiger partial charge in [-0.25, -0.2) is 0 Å². The van der Waals surface area contributed by atoms with E-state index in [1.54, 1.807) is 0 Å². The van der Waals surface area contributed by atoms with Gasteiger partial charge in [-0.2, -0.15) is 0 Å². The first-order valence-corrected chi connectivity index (χ1v) is 7.00. The maximum atomic E-state index is 10.5. The van der Waals surface area contributed by atoms with Crippen LogP contribution in [0.5, 0.6) is 5.75 Å². The standard InChI is InChI=1S/C14H18ClNO2/c15-10-7-9-3-2-6-18-14(9)11(8-10)13(17)12-4-1-5-16-12/h7-8,12-13,16-17H,1-6H2. The van der Waals surface area contributed by atoms with E-state index in [0.717, 1.165) is 55.7 Å². The summed E-state index contributed by atoms with van der Waals surface area (Å²) in [5, 5.41) is 14.5. The summed E-state index contributed by atoms with van der Waals surface area (Å²) in [7, 11) is 0. The summed E-state index contributed by atoms with van der Waals surface area (Å²) < 4.78 is 5.74. The van der Waals surface area contributed by atoms with Crippen LogP contribution < -0.4 is 10.1 Å². The molecule has 0 aliphatic carbocycles. The van der Waals surface area contributed by atoms with Crippen molar-refractivity contribution < 1.29 is 9.84 Å². The molecule has 18 heavy (non-hydrogen) atoms. The second-order valence-corrected chi connectivity index (χ2v) is 5.52. The highest BCUT2D eigenvalue weighted by atomic mass is 35.5. The molecule has 0 amide bonds. The van der Waals surface area contributed by atoms with Crippen LogP contribution in [0, 0.1) is 0 Å². The Morgan fingerprint density at radius 2 is 2.28 bits per heavy atom. The number of nitrogens with one attached hydrogen (secondary N) is 1. The van der Waals surface area contributed by atoms with Gasteiger partial charge in [0.1, 0.15) is 5.75 Å². The Morgan fingerprint density at radius 1 is 1.39 bits per heavy atom. The number of rotatable bonds is 2. The number of aryl methyl sites for hydroxylation is 1. The van der Waals surface area contributed by atoms with Gasteiger partial charge in [-0.15, -0.1) is 0 Å². The number of ether oxygens (including phenoxy) is 1. The molecule has 0 spiro atoms. The van der Waals surface area contributed by atoms with Crippen LogP contribution in [-0.4, -0.2) is 24.3 Å². The summed E-state index contributed by atoms with van der Waals surface area (Å²) in [6.07, 6.45) is 3.59. The summed E-state index contributed by atoms with van der Waals surface area (Å²) in [4.78, 5) is 0. The predicted molar refractivity (Wildman–Crippen MR) is 71.3 cm³/mol. The van der Waals surface area contributed by atoms with E-state index in [-0.39, 0.29) is 6.04 Å². The van der Waals surface area contributed by atoms with Crippen molar-refractivity contribution in [2.45, 2.75) is 37.8 Å². The molecular formula is C14H18ClNO2. The molecular weight excluding hydrogens is 250 g/mol. The highest BCUT2D eigenvalue weighted by molar-refractivity contribution is 6.30. The van der Waals surface area contributed by atoms with Crippen molar-refractivity contribution in [3.63, 3.8) is 0 Å². The van der Waals surface area contributed by atoms with Crippen LogP contribution in [-0.2, 0) is 6.42 Å². The third-order valence-electron chi connectivity index (χ3n) is 3.79. The summed E-state index contributed by atoms with van der Waals surface area (Å²) in [5.41, 5.74) is 1.97. The summed E-state index contributed by atoms with van der Waals surface area (Å²) in [6, 6.07) is 3.92. The van der Waals surface area contributed by atoms with Gasteiger partial charge in [0.2, 0.25) is 0 Å². The maximum absolute atomic E-state index is 10.5. The Kier molecular flexibility index (Phi) is 3.46. The van der Waals surface area contributed by atoms with Crippen LogP contribution in [0.2, 0.25) is 5.02 Å². The van der Waals surface area contributed by atoms with E-state index in [1.165, 1.54) is 0 Å². The van der Waals surface area contributed by atoms with Gasteiger partial charge >= 0.3 is 0 Å². The van der Waals surface area contributed by atoms with Crippen molar-refractivity contribution >= 4 is 11.6 Å². The molecule has 0 saturated carbocycles. The largest absolute Gasteiger partial charge is 0.493 e. The minimum atomic E-state index is -0.530. The lowest BCUT2D eigenvalue weighted by molar-refractivity contribution is 0.131. The van der Waals surface area contributed by atoms with Gasteiger partial charge in [-0.3, -0.25) is 0 Å². The molecule has 2 aliphatic rings. The summed E-state index contributed by atoms with van der Waals surface area (Å²) in [6.45, 7) is 1.71. The zero-order valence-corrected chi connectivity index (χ0v) is 11.0. The second kappa shape index (κ2) is 5.08. The molecule has 0 bridgehead atoms. The number of fused-ring (bicyclic) bond motifs is 1. The first-order chi connectivity index (χ1) is 8.75. The van der Waals surface area contributed by atoms with E-state index < -0.39 is 6.10 Å². The van der Waals surface area contributed by atoms with Crippen LogP contribution in [0.4, 0.5) is 0 Å². The Bertz CT molecular complexity index is 444. The van der Waals surface area contributed by atoms with Gasteiger partial charge in [0, 0.05) is 16.6 Å². The molecule has 1 aromatic carbocycles. The van der Waals surface area contributed by atoms with Gasteiger partial charge in [0.15, 0.2) is 0 Å². The van der Waals surface area contributed by atoms with Crippen molar-refractivity contribution in [3.05, 3.63) is 28.3 Å². The molecule has 1 fully saturated rings. The fourth-order valence-electron chi connectivity index (χ4n) is 2.89. The van der Waals surface area contributed by atoms with Crippen molar-refractivity contribution in [1.29, 1.82) is 0 Å². The number of benzene rings is 1. The maximum Gasteiger partial charge on any atom is 0.128 e. The first kappa shape index (κ1) is 12.3. The quantitative estimate of drug-likeness (QED) is 0.865. The van der Waals surface area contributed by atoms with Crippen molar-refractivity contribution in [3.8, 4) is 5.75 Å². The van der Waals surface area contributed by atoms with Crippen molar-refractivity contribution in [2.75, 3.05) is 13.2 Å². The normalized spacial score (nSPS) is 24.4. The van der Waals surface area contributed by atoms with Crippen LogP contribution >= 0.6 is 11.6 Å². The Morgan fingerprint density at radius 3 is 3.06 bits per heavy atom. The molecule has 2 N–H and O–H groups in total. The zero-order chi connectivity index (χ0) is 12.5. The van der Waals surface area contributed by atoms with Crippen LogP contribution in [0.3, 0.4) is 0 Å². The lowest BCUT2D eigenvalue weighted by Crippen LogP contribution is -2.29. The molecule has 2 heterocycles. The van der Waals surface area contributed by atoms with Crippen molar-refractivity contribution in [1.82, 2.24) is 5.32 Å². The molecule has 2 aliphatic heterocycles. The first-order valence-electron chi connectivity index (χ1n) is 6.62. The number of halogens is 1. The number of aliphatic hydroxyl groups excluding tert-OH is 1. The van der Waals surface area contributed by atoms with E-state index in [4.69, 9.17) is 16.3 Å². The smallest absolute Gasteiger partial charge is 0.128 e. The number of aliphatic hydroxyl groups is 1. The van der Waals surface area contributed by atoms with Gasteiger partial charge in [-0.1, -0.05) is 11.6 Å². The topological polar surface area (TPSA) is 41.5 Å². The molecule has 1 aromatic rings. The van der Waals surface area contributed by atoms with E-state index in [9.17, 15) is 5.11 Å². The monoisotopic (exact) mass is 267 g/mol. The van der Waals surface area contributed by atoms with Crippen LogP contribution in [0.15, 0.2) is 12.1 Å². The Balaban J connectivity index is 1.96. The van der Waals surface area contributed by atoms with E-state index in [2.05, 4.69) is 5.32 Å². The van der Waals surface area contributed by atoms with E-state index in [1.807, 2.05) is 12.1 Å². The highest BCUT2D eigenvalue weighted by Gasteiger charge is 2.28. The zero-order valence-electron chi connectivity index (χ0n) is 10.3. The van der Waals surface area contributed by atoms with Crippen LogP contribution in [0.1, 0.15) is 36.5 Å². The molecule has 1 saturated heterocycles. The van der Waals surface area contributed by atoms with Gasteiger partial charge < -0.3 is 15.2 Å². The van der Waals surface area contributed by atoms with E-state index >= 15 is 0 Å². The highest BCUT2D eigenvalue weighted by Crippen LogP contribution is 2.37. The van der Waals surface area contributed by atoms with Gasteiger partial charge in [0.05, 0.1) is 12.7 Å². The molecule has 0 aromatic heterocycles. The lowest BCUT2D eigenvalue weighted by atomic mass is 9.95. The molecule has 3 rings (SSSR count). The minimum absolute atomic E-state index is 0.123. The third kappa shape index (κ3) is 2.22. The molecule has 2 atom stereocenters. The summed E-state index contributed by atoms with van der Waals surface area (Å²) in [5.74, 6) is 0.854. The average Bonchev–Trinajstić information content (AvgIpc) is 2.90. The predicted octanol–water partition coefficient (Wildman–Crippen LogP) is 2.45. The van der Waals surface area contributed by atoms with E-state index in [0.29, 0.717) is 5.02 Å². The Labute approximate surface area is 112 Å². The third-order valence-corrected chi connectivity index (χ3v) is 4.01. The van der Waals surface area contributed by atoms with Gasteiger partial charge in [-0.05, 0) is 49.9 Å². The summed E-state index contributed by atoms with van der Waals surface area (Å²) >= 11 is 6.15. The minimum Gasteiger partial charge on any atom is -0.493 e. The fraction of sp³-hybridized carbons (Fsp3) is 0.571. The molecule has 0 radical (unpaired) electrons. The molecule has 3 nitrogen and oxygen atoms in total. The lowest BCUT2D eigenvalue weighted by Gasteiger charge is -2.26. The molecule has 98 valence electrons. The Hall–Kier alpha value is -0.770. The van der Waals surface area contributed by atoms with Crippen LogP contribution in [0.25, 0.3) is 0 Å². The van der Waals surface area contributed by atoms with Crippen molar-refractivity contribution in [2.24, 2.45) is 0 Å². The average molecular weight is 268 g/mol.